The Morgan fingerprint density at radius 1 is 1.17 bits per heavy atom. The molecule has 3 atom stereocenters. The summed E-state index contributed by atoms with van der Waals surface area (Å²) in [6.07, 6.45) is 5.15. The van der Waals surface area contributed by atoms with E-state index in [-0.39, 0.29) is 24.2 Å². The zero-order valence-corrected chi connectivity index (χ0v) is 25.1. The van der Waals surface area contributed by atoms with Crippen LogP contribution in [0.2, 0.25) is 0 Å². The summed E-state index contributed by atoms with van der Waals surface area (Å²) in [6, 6.07) is 15.9. The maximum atomic E-state index is 13.5. The van der Waals surface area contributed by atoms with Gasteiger partial charge in [-0.2, -0.15) is 16.4 Å². The van der Waals surface area contributed by atoms with E-state index in [0.29, 0.717) is 11.5 Å². The van der Waals surface area contributed by atoms with Gasteiger partial charge in [-0.15, -0.1) is 0 Å². The molecule has 1 unspecified atom stereocenters. The largest absolute Gasteiger partial charge is 0.490 e. The summed E-state index contributed by atoms with van der Waals surface area (Å²) in [4.78, 5) is 15.8. The number of thiophene rings is 1. The number of carbonyl (C=O) groups is 1. The molecule has 1 saturated heterocycles. The lowest BCUT2D eigenvalue weighted by Crippen LogP contribution is -2.41. The number of benzene rings is 2. The maximum absolute atomic E-state index is 13.5. The summed E-state index contributed by atoms with van der Waals surface area (Å²) < 4.78 is 6.26. The molecule has 5 rings (SSSR count). The first kappa shape index (κ1) is 29.3. The third kappa shape index (κ3) is 7.36. The molecule has 1 amide bonds. The number of aliphatic hydroxyl groups is 1. The summed E-state index contributed by atoms with van der Waals surface area (Å²) in [5.74, 6) is 1.13. The molecule has 0 spiro atoms. The van der Waals surface area contributed by atoms with Crippen LogP contribution in [0.3, 0.4) is 0 Å². The Morgan fingerprint density at radius 2 is 1.95 bits per heavy atom. The molecule has 2 aromatic heterocycles. The van der Waals surface area contributed by atoms with Crippen molar-refractivity contribution >= 4 is 28.1 Å². The standard InChI is InChI=1S/C33H42N4O3S/c1-4-5-6-22(2)31(26-15-18-41-21-26)34-33(39)25-9-12-30-29(19-25)32(36-35-30)24-7-10-27(11-8-24)40-28-13-16-37(17-14-28)20-23(3)38/h7-12,15,18-19,21-23,28,31,38H,4-6,13-14,16-17,20H2,1-3H3,(H,34,39)(H,35,36)/t22?,23-,31-/m1/s1. The van der Waals surface area contributed by atoms with Crippen LogP contribution in [0.1, 0.15) is 74.8 Å². The molecule has 3 N–H and O–H groups in total. The van der Waals surface area contributed by atoms with Crippen molar-refractivity contribution in [2.24, 2.45) is 5.92 Å². The van der Waals surface area contributed by atoms with E-state index in [4.69, 9.17) is 4.74 Å². The number of hydrogen-bond donors (Lipinski definition) is 3. The lowest BCUT2D eigenvalue weighted by Gasteiger charge is -2.32. The highest BCUT2D eigenvalue weighted by molar-refractivity contribution is 7.08. The summed E-state index contributed by atoms with van der Waals surface area (Å²) in [6.45, 7) is 8.86. The van der Waals surface area contributed by atoms with Gasteiger partial charge in [-0.05, 0) is 97.0 Å². The minimum atomic E-state index is -0.300. The van der Waals surface area contributed by atoms with Gasteiger partial charge in [0.15, 0.2) is 0 Å². The minimum absolute atomic E-state index is 0.0159. The number of unbranched alkanes of at least 4 members (excludes halogenated alkanes) is 1. The van der Waals surface area contributed by atoms with Crippen molar-refractivity contribution in [3.05, 3.63) is 70.4 Å². The lowest BCUT2D eigenvalue weighted by molar-refractivity contribution is 0.0673. The fourth-order valence-corrected chi connectivity index (χ4v) is 6.46. The Kier molecular flexibility index (Phi) is 9.75. The van der Waals surface area contributed by atoms with Crippen molar-refractivity contribution in [3.8, 4) is 17.0 Å². The van der Waals surface area contributed by atoms with Crippen LogP contribution in [-0.2, 0) is 0 Å². The van der Waals surface area contributed by atoms with Crippen molar-refractivity contribution in [3.63, 3.8) is 0 Å². The first-order valence-corrected chi connectivity index (χ1v) is 15.8. The molecule has 41 heavy (non-hydrogen) atoms. The number of carbonyl (C=O) groups excluding carboxylic acids is 1. The number of aromatic nitrogens is 2. The number of nitrogens with zero attached hydrogens (tertiary/aromatic N) is 2. The van der Waals surface area contributed by atoms with Crippen molar-refractivity contribution in [1.29, 1.82) is 0 Å². The molecule has 0 bridgehead atoms. The van der Waals surface area contributed by atoms with Gasteiger partial charge < -0.3 is 20.1 Å². The molecule has 8 heteroatoms. The zero-order chi connectivity index (χ0) is 28.8. The van der Waals surface area contributed by atoms with Crippen molar-refractivity contribution in [2.75, 3.05) is 19.6 Å². The second kappa shape index (κ2) is 13.6. The normalized spacial score (nSPS) is 16.9. The molecule has 2 aromatic carbocycles. The summed E-state index contributed by atoms with van der Waals surface area (Å²) in [5.41, 5.74) is 4.48. The Hall–Kier alpha value is -3.20. The van der Waals surface area contributed by atoms with Crippen LogP contribution in [0, 0.1) is 5.92 Å². The van der Waals surface area contributed by atoms with E-state index in [0.717, 1.165) is 79.6 Å². The SMILES string of the molecule is CCCCC(C)[C@@H](NC(=O)c1ccc2[nH]nc(-c3ccc(OC4CCN(C[C@@H](C)O)CC4)cc3)c2c1)c1ccsc1. The number of hydrogen-bond acceptors (Lipinski definition) is 6. The number of ether oxygens (including phenoxy) is 1. The summed E-state index contributed by atoms with van der Waals surface area (Å²) in [7, 11) is 0. The van der Waals surface area contributed by atoms with Gasteiger partial charge in [0, 0.05) is 36.1 Å². The van der Waals surface area contributed by atoms with E-state index in [1.54, 1.807) is 11.3 Å². The van der Waals surface area contributed by atoms with Gasteiger partial charge in [-0.3, -0.25) is 9.89 Å². The Labute approximate surface area is 246 Å². The molecule has 3 heterocycles. The molecular formula is C33H42N4O3S. The van der Waals surface area contributed by atoms with Gasteiger partial charge >= 0.3 is 0 Å². The van der Waals surface area contributed by atoms with E-state index < -0.39 is 0 Å². The highest BCUT2D eigenvalue weighted by Crippen LogP contribution is 2.31. The smallest absolute Gasteiger partial charge is 0.251 e. The van der Waals surface area contributed by atoms with Gasteiger partial charge in [-0.1, -0.05) is 26.7 Å². The lowest BCUT2D eigenvalue weighted by atomic mass is 9.91. The number of rotatable bonds is 12. The van der Waals surface area contributed by atoms with E-state index in [9.17, 15) is 9.90 Å². The van der Waals surface area contributed by atoms with Crippen LogP contribution in [-0.4, -0.2) is 58.0 Å². The van der Waals surface area contributed by atoms with Crippen molar-refractivity contribution in [1.82, 2.24) is 20.4 Å². The molecule has 4 aromatic rings. The van der Waals surface area contributed by atoms with Crippen molar-refractivity contribution in [2.45, 2.75) is 71.1 Å². The first-order chi connectivity index (χ1) is 19.9. The number of likely N-dealkylation sites (tertiary alicyclic amines) is 1. The Bertz CT molecular complexity index is 1390. The molecule has 0 saturated carbocycles. The summed E-state index contributed by atoms with van der Waals surface area (Å²) >= 11 is 1.66. The monoisotopic (exact) mass is 574 g/mol. The molecule has 1 fully saturated rings. The third-order valence-electron chi connectivity index (χ3n) is 8.08. The number of piperidine rings is 1. The number of amides is 1. The quantitative estimate of drug-likeness (QED) is 0.173. The fraction of sp³-hybridized carbons (Fsp3) is 0.455. The minimum Gasteiger partial charge on any atom is -0.490 e. The van der Waals surface area contributed by atoms with Crippen molar-refractivity contribution < 1.29 is 14.6 Å². The van der Waals surface area contributed by atoms with Crippen LogP contribution in [0.5, 0.6) is 5.75 Å². The number of H-pyrrole nitrogens is 1. The van der Waals surface area contributed by atoms with Gasteiger partial charge in [0.1, 0.15) is 11.9 Å². The topological polar surface area (TPSA) is 90.5 Å². The average Bonchev–Trinajstić information content (AvgIpc) is 3.66. The molecule has 0 aliphatic carbocycles. The average molecular weight is 575 g/mol. The van der Waals surface area contributed by atoms with Crippen LogP contribution in [0.4, 0.5) is 0 Å². The molecule has 218 valence electrons. The highest BCUT2D eigenvalue weighted by atomic mass is 32.1. The Balaban J connectivity index is 1.27. The molecular weight excluding hydrogens is 532 g/mol. The highest BCUT2D eigenvalue weighted by Gasteiger charge is 2.24. The van der Waals surface area contributed by atoms with Gasteiger partial charge in [0.25, 0.3) is 5.91 Å². The van der Waals surface area contributed by atoms with E-state index >= 15 is 0 Å². The van der Waals surface area contributed by atoms with Crippen LogP contribution >= 0.6 is 11.3 Å². The predicted octanol–water partition coefficient (Wildman–Crippen LogP) is 6.81. The first-order valence-electron chi connectivity index (χ1n) is 14.9. The number of fused-ring (bicyclic) bond motifs is 1. The Morgan fingerprint density at radius 3 is 2.63 bits per heavy atom. The molecule has 1 aliphatic heterocycles. The number of β-amino-alcohol motifs (C(OH)–C–C–N with tert-alkyl or cyclic N) is 1. The van der Waals surface area contributed by atoms with E-state index in [1.807, 2.05) is 49.4 Å². The maximum Gasteiger partial charge on any atom is 0.251 e. The van der Waals surface area contributed by atoms with Gasteiger partial charge in [0.05, 0.1) is 23.4 Å². The second-order valence-electron chi connectivity index (χ2n) is 11.5. The fourth-order valence-electron chi connectivity index (χ4n) is 5.77. The third-order valence-corrected chi connectivity index (χ3v) is 8.78. The van der Waals surface area contributed by atoms with E-state index in [2.05, 4.69) is 51.1 Å². The van der Waals surface area contributed by atoms with Gasteiger partial charge in [0.2, 0.25) is 0 Å². The zero-order valence-electron chi connectivity index (χ0n) is 24.3. The van der Waals surface area contributed by atoms with Gasteiger partial charge in [-0.25, -0.2) is 0 Å². The second-order valence-corrected chi connectivity index (χ2v) is 12.2. The molecule has 0 radical (unpaired) electrons. The predicted molar refractivity (Wildman–Crippen MR) is 167 cm³/mol. The molecule has 7 nitrogen and oxygen atoms in total. The van der Waals surface area contributed by atoms with Crippen LogP contribution in [0.25, 0.3) is 22.2 Å². The number of aliphatic hydroxyl groups excluding tert-OH is 1. The van der Waals surface area contributed by atoms with E-state index in [1.165, 1.54) is 5.56 Å². The molecule has 1 aliphatic rings. The number of aromatic amines is 1. The van der Waals surface area contributed by atoms with Crippen LogP contribution in [0.15, 0.2) is 59.3 Å². The number of nitrogens with one attached hydrogen (secondary N) is 2. The summed E-state index contributed by atoms with van der Waals surface area (Å²) in [5, 5.41) is 25.8. The van der Waals surface area contributed by atoms with Crippen LogP contribution < -0.4 is 10.1 Å².